The third-order valence-electron chi connectivity index (χ3n) is 3.30. The number of ether oxygens (including phenoxy) is 1. The maximum Gasteiger partial charge on any atom is 0.302 e. The van der Waals surface area contributed by atoms with E-state index < -0.39 is 0 Å². The van der Waals surface area contributed by atoms with Crippen LogP contribution in [0.3, 0.4) is 0 Å². The van der Waals surface area contributed by atoms with Crippen LogP contribution >= 0.6 is 0 Å². The summed E-state index contributed by atoms with van der Waals surface area (Å²) in [6.45, 7) is 3.92. The molecule has 1 N–H and O–H groups in total. The zero-order valence-electron chi connectivity index (χ0n) is 8.48. The number of fused-ring (bicyclic) bond motifs is 1. The number of rotatable bonds is 2. The van der Waals surface area contributed by atoms with Gasteiger partial charge in [-0.05, 0) is 19.4 Å². The van der Waals surface area contributed by atoms with E-state index in [0.29, 0.717) is 12.5 Å². The van der Waals surface area contributed by atoms with Gasteiger partial charge in [0.2, 0.25) is 0 Å². The van der Waals surface area contributed by atoms with Gasteiger partial charge in [0.15, 0.2) is 0 Å². The number of carbonyl (C=O) groups excluding carboxylic acids is 1. The van der Waals surface area contributed by atoms with Crippen LogP contribution in [0.1, 0.15) is 19.8 Å². The third-order valence-corrected chi connectivity index (χ3v) is 3.30. The fourth-order valence-corrected chi connectivity index (χ4v) is 2.64. The molecule has 0 aromatic carbocycles. The van der Waals surface area contributed by atoms with Crippen LogP contribution in [0.15, 0.2) is 0 Å². The standard InChI is InChI=1S/C10H17NO3/c1-7(12)14-6-8-2-4-11-5-3-9(13)10(8)11/h8-10,13H,2-6H2,1H3/t8-,9-,10-/m1/s1. The lowest BCUT2D eigenvalue weighted by atomic mass is 9.97. The predicted octanol–water partition coefficient (Wildman–Crippen LogP) is 0.00460. The van der Waals surface area contributed by atoms with Crippen molar-refractivity contribution in [1.29, 1.82) is 0 Å². The van der Waals surface area contributed by atoms with Gasteiger partial charge in [-0.1, -0.05) is 0 Å². The Hall–Kier alpha value is -0.610. The molecule has 0 aliphatic carbocycles. The molecule has 4 heteroatoms. The summed E-state index contributed by atoms with van der Waals surface area (Å²) >= 11 is 0. The molecular weight excluding hydrogens is 182 g/mol. The van der Waals surface area contributed by atoms with E-state index in [1.807, 2.05) is 0 Å². The molecule has 3 atom stereocenters. The maximum absolute atomic E-state index is 10.7. The molecule has 0 saturated carbocycles. The summed E-state index contributed by atoms with van der Waals surface area (Å²) in [5, 5.41) is 9.75. The van der Waals surface area contributed by atoms with Crippen molar-refractivity contribution in [1.82, 2.24) is 4.90 Å². The van der Waals surface area contributed by atoms with E-state index >= 15 is 0 Å². The molecule has 80 valence electrons. The van der Waals surface area contributed by atoms with E-state index in [2.05, 4.69) is 4.90 Å². The van der Waals surface area contributed by atoms with Gasteiger partial charge in [0.05, 0.1) is 12.7 Å². The van der Waals surface area contributed by atoms with Gasteiger partial charge in [-0.3, -0.25) is 9.69 Å². The highest BCUT2D eigenvalue weighted by atomic mass is 16.5. The Kier molecular flexibility index (Phi) is 2.74. The van der Waals surface area contributed by atoms with E-state index in [1.54, 1.807) is 0 Å². The van der Waals surface area contributed by atoms with Gasteiger partial charge in [-0.15, -0.1) is 0 Å². The first-order chi connectivity index (χ1) is 6.68. The Bertz CT molecular complexity index is 231. The molecule has 0 radical (unpaired) electrons. The van der Waals surface area contributed by atoms with Crippen molar-refractivity contribution >= 4 is 5.97 Å². The molecule has 0 aromatic heterocycles. The fourth-order valence-electron chi connectivity index (χ4n) is 2.64. The van der Waals surface area contributed by atoms with Crippen LogP contribution in [-0.2, 0) is 9.53 Å². The van der Waals surface area contributed by atoms with Crippen LogP contribution in [-0.4, -0.2) is 47.8 Å². The van der Waals surface area contributed by atoms with Crippen molar-refractivity contribution in [2.75, 3.05) is 19.7 Å². The Labute approximate surface area is 83.8 Å². The molecule has 2 fully saturated rings. The van der Waals surface area contributed by atoms with Crippen molar-refractivity contribution in [3.8, 4) is 0 Å². The molecule has 0 bridgehead atoms. The van der Waals surface area contributed by atoms with Gasteiger partial charge in [0.1, 0.15) is 0 Å². The minimum atomic E-state index is -0.226. The second kappa shape index (κ2) is 3.87. The van der Waals surface area contributed by atoms with Crippen LogP contribution in [0.4, 0.5) is 0 Å². The normalized spacial score (nSPS) is 37.1. The van der Waals surface area contributed by atoms with Gasteiger partial charge in [0, 0.05) is 25.4 Å². The molecule has 2 saturated heterocycles. The lowest BCUT2D eigenvalue weighted by Crippen LogP contribution is -2.35. The number of hydrogen-bond acceptors (Lipinski definition) is 4. The van der Waals surface area contributed by atoms with Crippen LogP contribution < -0.4 is 0 Å². The van der Waals surface area contributed by atoms with Gasteiger partial charge in [0.25, 0.3) is 0 Å². The maximum atomic E-state index is 10.7. The Morgan fingerprint density at radius 2 is 2.21 bits per heavy atom. The molecular formula is C10H17NO3. The fraction of sp³-hybridized carbons (Fsp3) is 0.900. The van der Waals surface area contributed by atoms with Gasteiger partial charge in [-0.2, -0.15) is 0 Å². The number of hydrogen-bond donors (Lipinski definition) is 1. The smallest absolute Gasteiger partial charge is 0.302 e. The summed E-state index contributed by atoms with van der Waals surface area (Å²) < 4.78 is 5.01. The molecule has 0 spiro atoms. The van der Waals surface area contributed by atoms with Crippen LogP contribution in [0.5, 0.6) is 0 Å². The van der Waals surface area contributed by atoms with Crippen molar-refractivity contribution in [3.05, 3.63) is 0 Å². The summed E-state index contributed by atoms with van der Waals surface area (Å²) in [7, 11) is 0. The molecule has 0 unspecified atom stereocenters. The molecule has 2 heterocycles. The summed E-state index contributed by atoms with van der Waals surface area (Å²) in [6, 6.07) is 0.231. The highest BCUT2D eigenvalue weighted by molar-refractivity contribution is 5.65. The molecule has 0 amide bonds. The number of carbonyl (C=O) groups is 1. The first-order valence-corrected chi connectivity index (χ1v) is 5.24. The number of aliphatic hydroxyl groups excluding tert-OH is 1. The minimum absolute atomic E-state index is 0.224. The quantitative estimate of drug-likeness (QED) is 0.636. The lowest BCUT2D eigenvalue weighted by molar-refractivity contribution is -0.142. The molecule has 4 nitrogen and oxygen atoms in total. The van der Waals surface area contributed by atoms with E-state index in [-0.39, 0.29) is 18.1 Å². The molecule has 14 heavy (non-hydrogen) atoms. The van der Waals surface area contributed by atoms with E-state index in [0.717, 1.165) is 25.9 Å². The third kappa shape index (κ3) is 1.77. The largest absolute Gasteiger partial charge is 0.466 e. The summed E-state index contributed by atoms with van der Waals surface area (Å²) in [6.07, 6.45) is 1.68. The van der Waals surface area contributed by atoms with Crippen LogP contribution in [0.25, 0.3) is 0 Å². The number of aliphatic hydroxyl groups is 1. The highest BCUT2D eigenvalue weighted by Crippen LogP contribution is 2.33. The molecule has 2 aliphatic rings. The van der Waals surface area contributed by atoms with Gasteiger partial charge in [-0.25, -0.2) is 0 Å². The Morgan fingerprint density at radius 1 is 1.50 bits per heavy atom. The van der Waals surface area contributed by atoms with E-state index in [4.69, 9.17) is 4.74 Å². The Balaban J connectivity index is 1.90. The SMILES string of the molecule is CC(=O)OC[C@H]1CCN2CC[C@@H](O)[C@@H]12. The van der Waals surface area contributed by atoms with Crippen molar-refractivity contribution in [2.24, 2.45) is 5.92 Å². The highest BCUT2D eigenvalue weighted by Gasteiger charge is 2.43. The van der Waals surface area contributed by atoms with E-state index in [9.17, 15) is 9.90 Å². The summed E-state index contributed by atoms with van der Waals surface area (Å²) in [4.78, 5) is 13.0. The van der Waals surface area contributed by atoms with E-state index in [1.165, 1.54) is 6.92 Å². The van der Waals surface area contributed by atoms with Crippen molar-refractivity contribution in [3.63, 3.8) is 0 Å². The topological polar surface area (TPSA) is 49.8 Å². The van der Waals surface area contributed by atoms with Gasteiger partial charge < -0.3 is 9.84 Å². The minimum Gasteiger partial charge on any atom is -0.466 e. The van der Waals surface area contributed by atoms with Crippen molar-refractivity contribution in [2.45, 2.75) is 31.9 Å². The Morgan fingerprint density at radius 3 is 2.93 bits per heavy atom. The van der Waals surface area contributed by atoms with Gasteiger partial charge >= 0.3 is 5.97 Å². The zero-order valence-corrected chi connectivity index (χ0v) is 8.48. The van der Waals surface area contributed by atoms with Crippen LogP contribution in [0, 0.1) is 5.92 Å². The van der Waals surface area contributed by atoms with Crippen molar-refractivity contribution < 1.29 is 14.6 Å². The first-order valence-electron chi connectivity index (χ1n) is 5.24. The second-order valence-electron chi connectivity index (χ2n) is 4.23. The number of nitrogens with zero attached hydrogens (tertiary/aromatic N) is 1. The van der Waals surface area contributed by atoms with Crippen LogP contribution in [0.2, 0.25) is 0 Å². The predicted molar refractivity (Wildman–Crippen MR) is 50.7 cm³/mol. The molecule has 2 rings (SSSR count). The molecule has 2 aliphatic heterocycles. The average Bonchev–Trinajstić information content (AvgIpc) is 2.66. The second-order valence-corrected chi connectivity index (χ2v) is 4.23. The first kappa shape index (κ1) is 9.93. The summed E-state index contributed by atoms with van der Waals surface area (Å²) in [5.74, 6) is 0.104. The lowest BCUT2D eigenvalue weighted by Gasteiger charge is -2.22. The zero-order chi connectivity index (χ0) is 10.1. The average molecular weight is 199 g/mol. The monoisotopic (exact) mass is 199 g/mol. The summed E-state index contributed by atoms with van der Waals surface area (Å²) in [5.41, 5.74) is 0. The molecule has 0 aromatic rings. The number of esters is 1.